The number of nitrogens with one attached hydrogen (secondary N) is 7. The van der Waals surface area contributed by atoms with Crippen LogP contribution in [0.4, 0.5) is 91.1 Å². The van der Waals surface area contributed by atoms with Crippen LogP contribution in [0.25, 0.3) is 32.7 Å². The maximum atomic E-state index is 15.3. The number of ether oxygens (including phenoxy) is 3. The smallest absolute Gasteiger partial charge is 0.282 e. The molecule has 6 saturated heterocycles. The molecule has 0 radical (unpaired) electrons. The van der Waals surface area contributed by atoms with Crippen molar-refractivity contribution in [2.45, 2.75) is 45.5 Å². The first-order valence-corrected chi connectivity index (χ1v) is 39.1. The third kappa shape index (κ3) is 17.6. The van der Waals surface area contributed by atoms with Crippen molar-refractivity contribution >= 4 is 102 Å². The molecular weight excluding hydrogens is 1570 g/mol. The summed E-state index contributed by atoms with van der Waals surface area (Å²) in [5.74, 6) is -14.0. The van der Waals surface area contributed by atoms with Crippen LogP contribution in [0.5, 0.6) is 34.9 Å². The lowest BCUT2D eigenvalue weighted by Gasteiger charge is -2.38. The van der Waals surface area contributed by atoms with Crippen molar-refractivity contribution in [3.8, 4) is 34.9 Å². The fourth-order valence-electron chi connectivity index (χ4n) is 15.0. The van der Waals surface area contributed by atoms with Gasteiger partial charge >= 0.3 is 0 Å². The summed E-state index contributed by atoms with van der Waals surface area (Å²) in [6, 6.07) is 37.0. The number of carbonyl (C=O) groups excluding carboxylic acids is 3. The normalized spacial score (nSPS) is 16.9. The number of hydrogen-bond acceptors (Lipinski definition) is 21. The molecule has 12 heterocycles. The molecule has 18 rings (SSSR count). The van der Waals surface area contributed by atoms with Crippen LogP contribution in [0.15, 0.2) is 146 Å². The Kier molecular flexibility index (Phi) is 22.5. The molecule has 6 aromatic heterocycles. The molecule has 7 N–H and O–H groups in total. The number of aromatic amines is 3. The summed E-state index contributed by atoms with van der Waals surface area (Å²) >= 11 is 0. The average Bonchev–Trinajstić information content (AvgIpc) is 0.965. The summed E-state index contributed by atoms with van der Waals surface area (Å²) in [6.45, 7) is 15.4. The van der Waals surface area contributed by atoms with E-state index in [1.54, 1.807) is 57.2 Å². The maximum absolute atomic E-state index is 15.3. The molecule has 6 aliphatic rings. The number of rotatable bonds is 19. The van der Waals surface area contributed by atoms with Gasteiger partial charge in [0.2, 0.25) is 17.6 Å². The third-order valence-electron chi connectivity index (χ3n) is 21.5. The molecule has 12 aromatic rings. The molecule has 6 fully saturated rings. The van der Waals surface area contributed by atoms with Gasteiger partial charge in [-0.25, -0.2) is 69.4 Å². The maximum Gasteiger partial charge on any atom is 0.282 e. The van der Waals surface area contributed by atoms with E-state index in [0.717, 1.165) is 134 Å². The van der Waals surface area contributed by atoms with Crippen molar-refractivity contribution in [1.82, 2.24) is 74.7 Å². The number of carbonyl (C=O) groups is 3. The first-order chi connectivity index (χ1) is 57.6. The Labute approximate surface area is 681 Å². The number of H-pyrrole nitrogens is 3. The quantitative estimate of drug-likeness (QED) is 0.0371. The van der Waals surface area contributed by atoms with Gasteiger partial charge in [-0.05, 0) is 162 Å². The molecule has 0 spiro atoms. The van der Waals surface area contributed by atoms with Crippen molar-refractivity contribution in [3.05, 3.63) is 198 Å². The lowest BCUT2D eigenvalue weighted by atomic mass is 10.1. The molecular formula is C84H84F9N21O6. The van der Waals surface area contributed by atoms with Gasteiger partial charge in [-0.15, -0.1) is 0 Å². The first kappa shape index (κ1) is 80.8. The van der Waals surface area contributed by atoms with E-state index in [-0.39, 0.29) is 69.0 Å². The fourth-order valence-corrected chi connectivity index (χ4v) is 15.0. The average molecular weight is 1650 g/mol. The Balaban J connectivity index is 0.000000134. The molecule has 6 aliphatic heterocycles. The Hall–Kier alpha value is -13.0. The number of halogens is 9. The number of fused-ring (bicyclic) bond motifs is 3. The monoisotopic (exact) mass is 1650 g/mol. The van der Waals surface area contributed by atoms with Gasteiger partial charge in [0.25, 0.3) is 35.5 Å². The Morgan fingerprint density at radius 3 is 0.983 bits per heavy atom. The highest BCUT2D eigenvalue weighted by Crippen LogP contribution is 2.42. The molecule has 0 atom stereocenters. The lowest BCUT2D eigenvalue weighted by Crippen LogP contribution is -2.58. The number of aromatic nitrogens is 9. The SMILES string of the molecule is CCN1CCN(c2ccc(Nc3ncnc(Oc4ccc5[nH]c(C)cc5c4F)c3C(=O)N3CC(F)(F)C3)cc2)CC1.Cc1cc2c(F)c(Oc3ncnc(Nc4ccc(N5CCN(C)CC5)cc4)c3C(=O)N3CC(F)(F)C3)ccc2[nH]1.Cc1cc2c(F)c(Oc3ncnc(Nc4ccc(N5CCNCC5)cc4)c3C(=O)N3CC(F)(F)C3)ccc2[nH]1. The standard InChI is InChI=1S/C29H30F3N7O2.C28H28F3N7O2.C27H26F3N7O2/c1-3-37-10-12-38(13-11-37)20-6-4-19(5-7-20)36-26-24(28(40)39-15-29(31,32)16-39)27(34-17-33-26)41-23-9-8-22-21(25(23)30)14-18(2)35-22;1-17-13-20-21(34-17)7-8-22(24(20)29)40-26-23(27(39)38-14-28(30,31)15-38)25(32-16-33-26)35-18-3-5-19(6-4-18)37-11-9-36(2)10-12-37;1-16-12-19-20(34-16)6-7-21(23(19)28)39-25-22(26(38)37-13-27(29,30)14-37)24(32-15-33-25)35-17-2-4-18(5-3-17)36-10-8-31-9-11-36/h4-9,14,17,35H,3,10-13,15-16H2,1-2H3,(H,33,34,36);3-8,13,16,34H,9-12,14-15H2,1-2H3,(H,32,33,35);2-7,12,15,31,34H,8-11,13-14H2,1H3,(H,32,33,35). The number of benzene rings is 6. The number of hydrogen-bond donors (Lipinski definition) is 7. The van der Waals surface area contributed by atoms with Gasteiger partial charge in [-0.2, -0.15) is 0 Å². The van der Waals surface area contributed by atoms with Crippen LogP contribution >= 0.6 is 0 Å². The van der Waals surface area contributed by atoms with Crippen LogP contribution in [0.3, 0.4) is 0 Å². The van der Waals surface area contributed by atoms with Gasteiger partial charge in [0.15, 0.2) is 52.2 Å². The molecule has 0 unspecified atom stereocenters. The van der Waals surface area contributed by atoms with Crippen LogP contribution in [0.2, 0.25) is 0 Å². The minimum atomic E-state index is -2.97. The molecule has 120 heavy (non-hydrogen) atoms. The van der Waals surface area contributed by atoms with Crippen LogP contribution in [0.1, 0.15) is 55.1 Å². The Morgan fingerprint density at radius 2 is 0.692 bits per heavy atom. The highest BCUT2D eigenvalue weighted by atomic mass is 19.3. The second kappa shape index (κ2) is 33.4. The highest BCUT2D eigenvalue weighted by molar-refractivity contribution is 6.04. The molecule has 27 nitrogen and oxygen atoms in total. The predicted octanol–water partition coefficient (Wildman–Crippen LogP) is 14.4. The minimum absolute atomic E-state index is 0.0640. The lowest BCUT2D eigenvalue weighted by molar-refractivity contribution is -0.113. The van der Waals surface area contributed by atoms with Gasteiger partial charge in [-0.1, -0.05) is 6.92 Å². The number of aryl methyl sites for hydroxylation is 3. The fraction of sp³-hybridized carbons (Fsp3) is 0.321. The number of anilines is 9. The van der Waals surface area contributed by atoms with Gasteiger partial charge in [0.05, 0.1) is 39.3 Å². The van der Waals surface area contributed by atoms with Gasteiger partial charge in [0.1, 0.15) is 35.7 Å². The second-order valence-corrected chi connectivity index (χ2v) is 30.4. The molecule has 624 valence electrons. The largest absolute Gasteiger partial charge is 0.435 e. The Morgan fingerprint density at radius 1 is 0.400 bits per heavy atom. The van der Waals surface area contributed by atoms with E-state index in [1.807, 2.05) is 72.8 Å². The summed E-state index contributed by atoms with van der Waals surface area (Å²) in [7, 11) is 2.10. The predicted molar refractivity (Wildman–Crippen MR) is 436 cm³/mol. The van der Waals surface area contributed by atoms with Crippen molar-refractivity contribution in [1.29, 1.82) is 0 Å². The van der Waals surface area contributed by atoms with Crippen molar-refractivity contribution < 1.29 is 68.1 Å². The molecule has 3 amide bonds. The first-order valence-electron chi connectivity index (χ1n) is 39.1. The summed E-state index contributed by atoms with van der Waals surface area (Å²) in [5, 5.41) is 13.6. The number of alkyl halides is 6. The van der Waals surface area contributed by atoms with E-state index in [0.29, 0.717) is 49.8 Å². The van der Waals surface area contributed by atoms with Crippen molar-refractivity contribution in [3.63, 3.8) is 0 Å². The zero-order chi connectivity index (χ0) is 83.9. The molecule has 0 bridgehead atoms. The van der Waals surface area contributed by atoms with E-state index < -0.39 is 92.2 Å². The van der Waals surface area contributed by atoms with E-state index in [9.17, 15) is 40.7 Å². The van der Waals surface area contributed by atoms with Crippen molar-refractivity contribution in [2.75, 3.05) is 162 Å². The molecule has 36 heteroatoms. The topological polar surface area (TPSA) is 278 Å². The third-order valence-corrected chi connectivity index (χ3v) is 21.5. The van der Waals surface area contributed by atoms with Crippen LogP contribution in [-0.4, -0.2) is 236 Å². The van der Waals surface area contributed by atoms with Crippen LogP contribution < -0.4 is 50.2 Å². The van der Waals surface area contributed by atoms with Gasteiger partial charge in [0, 0.05) is 162 Å². The zero-order valence-electron chi connectivity index (χ0n) is 65.9. The number of piperazine rings is 3. The number of likely N-dealkylation sites (N-methyl/N-ethyl adjacent to an activating group) is 2. The van der Waals surface area contributed by atoms with Crippen LogP contribution in [0, 0.1) is 38.2 Å². The summed E-state index contributed by atoms with van der Waals surface area (Å²) in [4.78, 5) is 88.8. The van der Waals surface area contributed by atoms with E-state index >= 15 is 13.2 Å². The van der Waals surface area contributed by atoms with Crippen LogP contribution in [-0.2, 0) is 0 Å². The van der Waals surface area contributed by atoms with E-state index in [4.69, 9.17) is 14.2 Å². The summed E-state index contributed by atoms with van der Waals surface area (Å²) in [5.41, 5.74) is 8.67. The number of nitrogens with zero attached hydrogens (tertiary/aromatic N) is 14. The summed E-state index contributed by atoms with van der Waals surface area (Å²) < 4.78 is 145. The number of likely N-dealkylation sites (tertiary alicyclic amines) is 3. The minimum Gasteiger partial charge on any atom is -0.435 e. The van der Waals surface area contributed by atoms with E-state index in [1.165, 1.54) is 37.2 Å². The summed E-state index contributed by atoms with van der Waals surface area (Å²) in [6.07, 6.45) is 3.53. The molecule has 6 aromatic carbocycles. The van der Waals surface area contributed by atoms with Gasteiger partial charge < -0.3 is 89.6 Å². The second-order valence-electron chi connectivity index (χ2n) is 30.4. The zero-order valence-corrected chi connectivity index (χ0v) is 65.9. The highest BCUT2D eigenvalue weighted by Gasteiger charge is 2.50. The van der Waals surface area contributed by atoms with Crippen molar-refractivity contribution in [2.24, 2.45) is 0 Å². The van der Waals surface area contributed by atoms with Gasteiger partial charge in [-0.3, -0.25) is 14.4 Å². The molecule has 0 saturated carbocycles. The Bertz CT molecular complexity index is 5770. The molecule has 0 aliphatic carbocycles. The number of amides is 3. The van der Waals surface area contributed by atoms with E-state index in [2.05, 4.69) is 105 Å².